The molecule has 0 heterocycles. The summed E-state index contributed by atoms with van der Waals surface area (Å²) in [4.78, 5) is 14.1. The fraction of sp³-hybridized carbons (Fsp3) is 0.533. The summed E-state index contributed by atoms with van der Waals surface area (Å²) in [5, 5.41) is 0. The van der Waals surface area contributed by atoms with E-state index < -0.39 is 0 Å². The van der Waals surface area contributed by atoms with Crippen molar-refractivity contribution in [2.45, 2.75) is 40.2 Å². The Hall–Kier alpha value is -1.38. The van der Waals surface area contributed by atoms with E-state index in [9.17, 15) is 9.18 Å². The summed E-state index contributed by atoms with van der Waals surface area (Å²) in [5.41, 5.74) is 0.844. The van der Waals surface area contributed by atoms with Gasteiger partial charge in [0.1, 0.15) is 5.82 Å². The number of carbonyl (C=O) groups excluding carboxylic acids is 1. The average molecular weight is 251 g/mol. The molecule has 1 amide bonds. The molecule has 1 aromatic carbocycles. The highest BCUT2D eigenvalue weighted by Gasteiger charge is 2.20. The van der Waals surface area contributed by atoms with Crippen LogP contribution < -0.4 is 0 Å². The molecule has 3 heteroatoms. The van der Waals surface area contributed by atoms with Gasteiger partial charge in [0, 0.05) is 19.0 Å². The molecule has 0 aliphatic rings. The molecule has 0 aliphatic carbocycles. The van der Waals surface area contributed by atoms with Gasteiger partial charge in [0.05, 0.1) is 0 Å². The number of halogens is 1. The first kappa shape index (κ1) is 14.7. The van der Waals surface area contributed by atoms with Crippen molar-refractivity contribution in [3.63, 3.8) is 0 Å². The fourth-order valence-corrected chi connectivity index (χ4v) is 2.10. The molecule has 0 atom stereocenters. The lowest BCUT2D eigenvalue weighted by molar-refractivity contribution is -0.136. The molecule has 0 unspecified atom stereocenters. The summed E-state index contributed by atoms with van der Waals surface area (Å²) < 4.78 is 13.1. The van der Waals surface area contributed by atoms with Gasteiger partial charge in [-0.3, -0.25) is 4.79 Å². The molecule has 0 N–H and O–H groups in total. The van der Waals surface area contributed by atoms with E-state index in [0.29, 0.717) is 13.1 Å². The van der Waals surface area contributed by atoms with Gasteiger partial charge < -0.3 is 4.90 Å². The molecule has 0 bridgehead atoms. The third-order valence-electron chi connectivity index (χ3n) is 3.29. The van der Waals surface area contributed by atoms with Crippen molar-refractivity contribution in [3.05, 3.63) is 35.6 Å². The third kappa shape index (κ3) is 3.83. The van der Waals surface area contributed by atoms with Gasteiger partial charge in [0.15, 0.2) is 0 Å². The molecule has 0 radical (unpaired) electrons. The molecule has 100 valence electrons. The first-order valence-corrected chi connectivity index (χ1v) is 6.65. The van der Waals surface area contributed by atoms with Crippen molar-refractivity contribution >= 4 is 5.91 Å². The summed E-state index contributed by atoms with van der Waals surface area (Å²) in [6.45, 7) is 7.17. The Labute approximate surface area is 109 Å². The minimum atomic E-state index is -0.251. The van der Waals surface area contributed by atoms with Crippen LogP contribution in [0.15, 0.2) is 24.3 Å². The van der Waals surface area contributed by atoms with Crippen LogP contribution in [0.2, 0.25) is 0 Å². The van der Waals surface area contributed by atoms with Crippen molar-refractivity contribution in [1.29, 1.82) is 0 Å². The third-order valence-corrected chi connectivity index (χ3v) is 3.29. The lowest BCUT2D eigenvalue weighted by atomic mass is 10.0. The number of amides is 1. The smallest absolute Gasteiger partial charge is 0.225 e. The minimum absolute atomic E-state index is 0.0820. The van der Waals surface area contributed by atoms with E-state index in [-0.39, 0.29) is 17.6 Å². The largest absolute Gasteiger partial charge is 0.338 e. The Morgan fingerprint density at radius 2 is 1.94 bits per heavy atom. The van der Waals surface area contributed by atoms with E-state index in [0.717, 1.165) is 18.4 Å². The lowest BCUT2D eigenvalue weighted by Gasteiger charge is -2.25. The van der Waals surface area contributed by atoms with Gasteiger partial charge in [-0.15, -0.1) is 0 Å². The van der Waals surface area contributed by atoms with Crippen LogP contribution in [-0.4, -0.2) is 17.4 Å². The standard InChI is InChI=1S/C15H22FNO/c1-4-13(5-2)15(18)17(6-3)11-12-8-7-9-14(16)10-12/h7-10,13H,4-6,11H2,1-3H3. The SMILES string of the molecule is CCC(CC)C(=O)N(CC)Cc1cccc(F)c1. The molecule has 0 fully saturated rings. The summed E-state index contributed by atoms with van der Waals surface area (Å²) in [5.74, 6) is 0.00352. The highest BCUT2D eigenvalue weighted by atomic mass is 19.1. The van der Waals surface area contributed by atoms with Crippen molar-refractivity contribution in [1.82, 2.24) is 4.90 Å². The van der Waals surface area contributed by atoms with Gasteiger partial charge in [-0.05, 0) is 37.5 Å². The Morgan fingerprint density at radius 1 is 1.28 bits per heavy atom. The summed E-state index contributed by atoms with van der Waals surface area (Å²) in [6.07, 6.45) is 1.71. The maximum absolute atomic E-state index is 13.1. The molecular formula is C15H22FNO. The molecule has 0 aromatic heterocycles. The van der Waals surface area contributed by atoms with Crippen LogP contribution in [0.3, 0.4) is 0 Å². The summed E-state index contributed by atoms with van der Waals surface area (Å²) in [7, 11) is 0. The Bertz CT molecular complexity index is 388. The maximum Gasteiger partial charge on any atom is 0.225 e. The van der Waals surface area contributed by atoms with E-state index in [1.165, 1.54) is 12.1 Å². The molecule has 0 saturated carbocycles. The first-order valence-electron chi connectivity index (χ1n) is 6.65. The Kier molecular flexibility index (Phi) is 5.83. The topological polar surface area (TPSA) is 20.3 Å². The first-order chi connectivity index (χ1) is 8.62. The zero-order valence-electron chi connectivity index (χ0n) is 11.4. The zero-order valence-corrected chi connectivity index (χ0v) is 11.4. The monoisotopic (exact) mass is 251 g/mol. The van der Waals surface area contributed by atoms with Crippen LogP contribution in [0.25, 0.3) is 0 Å². The molecule has 1 rings (SSSR count). The van der Waals surface area contributed by atoms with Crippen LogP contribution in [0.1, 0.15) is 39.2 Å². The van der Waals surface area contributed by atoms with Gasteiger partial charge in [0.25, 0.3) is 0 Å². The molecule has 18 heavy (non-hydrogen) atoms. The number of benzene rings is 1. The second-order valence-electron chi connectivity index (χ2n) is 4.50. The lowest BCUT2D eigenvalue weighted by Crippen LogP contribution is -2.35. The molecule has 0 saturated heterocycles. The molecular weight excluding hydrogens is 229 g/mol. The molecule has 0 aliphatic heterocycles. The highest BCUT2D eigenvalue weighted by molar-refractivity contribution is 5.78. The summed E-state index contributed by atoms with van der Waals surface area (Å²) >= 11 is 0. The van der Waals surface area contributed by atoms with E-state index in [4.69, 9.17) is 0 Å². The molecule has 2 nitrogen and oxygen atoms in total. The predicted octanol–water partition coefficient (Wildman–Crippen LogP) is 3.61. The average Bonchev–Trinajstić information content (AvgIpc) is 2.37. The number of hydrogen-bond donors (Lipinski definition) is 0. The summed E-state index contributed by atoms with van der Waals surface area (Å²) in [6, 6.07) is 6.44. The van der Waals surface area contributed by atoms with Gasteiger partial charge in [-0.2, -0.15) is 0 Å². The van der Waals surface area contributed by atoms with Crippen molar-refractivity contribution in [2.24, 2.45) is 5.92 Å². The van der Waals surface area contributed by atoms with E-state index in [1.807, 2.05) is 26.8 Å². The van der Waals surface area contributed by atoms with Crippen LogP contribution in [0, 0.1) is 11.7 Å². The predicted molar refractivity (Wildman–Crippen MR) is 71.6 cm³/mol. The Morgan fingerprint density at radius 3 is 2.44 bits per heavy atom. The maximum atomic E-state index is 13.1. The van der Waals surface area contributed by atoms with E-state index in [2.05, 4.69) is 0 Å². The Balaban J connectivity index is 2.75. The second-order valence-corrected chi connectivity index (χ2v) is 4.50. The number of hydrogen-bond acceptors (Lipinski definition) is 1. The number of nitrogens with zero attached hydrogens (tertiary/aromatic N) is 1. The van der Waals surface area contributed by atoms with Gasteiger partial charge >= 0.3 is 0 Å². The number of carbonyl (C=O) groups is 1. The van der Waals surface area contributed by atoms with Crippen LogP contribution >= 0.6 is 0 Å². The van der Waals surface area contributed by atoms with E-state index in [1.54, 1.807) is 11.0 Å². The van der Waals surface area contributed by atoms with E-state index >= 15 is 0 Å². The van der Waals surface area contributed by atoms with Gasteiger partial charge in [0.2, 0.25) is 5.91 Å². The van der Waals surface area contributed by atoms with Crippen molar-refractivity contribution in [2.75, 3.05) is 6.54 Å². The van der Waals surface area contributed by atoms with Crippen LogP contribution in [-0.2, 0) is 11.3 Å². The van der Waals surface area contributed by atoms with Crippen molar-refractivity contribution in [3.8, 4) is 0 Å². The normalized spacial score (nSPS) is 10.7. The van der Waals surface area contributed by atoms with Crippen LogP contribution in [0.4, 0.5) is 4.39 Å². The minimum Gasteiger partial charge on any atom is -0.338 e. The van der Waals surface area contributed by atoms with Crippen LogP contribution in [0.5, 0.6) is 0 Å². The zero-order chi connectivity index (χ0) is 13.5. The fourth-order valence-electron chi connectivity index (χ4n) is 2.10. The highest BCUT2D eigenvalue weighted by Crippen LogP contribution is 2.15. The second kappa shape index (κ2) is 7.14. The molecule has 0 spiro atoms. The molecule has 1 aromatic rings. The van der Waals surface area contributed by atoms with Gasteiger partial charge in [-0.25, -0.2) is 4.39 Å². The number of rotatable bonds is 6. The van der Waals surface area contributed by atoms with Crippen molar-refractivity contribution < 1.29 is 9.18 Å². The van der Waals surface area contributed by atoms with Gasteiger partial charge in [-0.1, -0.05) is 26.0 Å². The quantitative estimate of drug-likeness (QED) is 0.756.